The molecule has 18 heavy (non-hydrogen) atoms. The molecule has 1 aromatic heterocycles. The second-order valence-electron chi connectivity index (χ2n) is 5.10. The minimum atomic E-state index is -0.0847. The first-order valence-corrected chi connectivity index (χ1v) is 6.99. The van der Waals surface area contributed by atoms with Gasteiger partial charge in [0, 0.05) is 19.3 Å². The normalized spacial score (nSPS) is 23.0. The number of nitrogen functional groups attached to an aromatic ring is 1. The van der Waals surface area contributed by atoms with E-state index in [1.807, 2.05) is 18.2 Å². The Morgan fingerprint density at radius 1 is 1.50 bits per heavy atom. The van der Waals surface area contributed by atoms with Crippen LogP contribution in [0.25, 0.3) is 10.2 Å². The number of fused-ring (bicyclic) bond motifs is 1. The molecule has 1 heterocycles. The number of benzene rings is 1. The van der Waals surface area contributed by atoms with Crippen LogP contribution in [0.5, 0.6) is 0 Å². The largest absolute Gasteiger partial charge is 0.399 e. The molecule has 0 unspecified atom stereocenters. The Balaban J connectivity index is 1.76. The molecule has 0 bridgehead atoms. The zero-order valence-corrected chi connectivity index (χ0v) is 11.2. The van der Waals surface area contributed by atoms with E-state index in [1.165, 1.54) is 0 Å². The van der Waals surface area contributed by atoms with Crippen molar-refractivity contribution in [2.75, 3.05) is 24.2 Å². The molecule has 5 heteroatoms. The molecule has 1 saturated carbocycles. The van der Waals surface area contributed by atoms with Gasteiger partial charge in [-0.1, -0.05) is 11.3 Å². The third-order valence-corrected chi connectivity index (χ3v) is 4.60. The number of nitrogens with zero attached hydrogens (tertiary/aromatic N) is 2. The maximum Gasteiger partial charge on any atom is 0.186 e. The second kappa shape index (κ2) is 4.40. The first-order chi connectivity index (χ1) is 8.61. The zero-order valence-electron chi connectivity index (χ0n) is 10.3. The van der Waals surface area contributed by atoms with Crippen LogP contribution in [0.1, 0.15) is 12.8 Å². The number of aliphatic hydroxyl groups excluding tert-OH is 1. The van der Waals surface area contributed by atoms with E-state index in [2.05, 4.69) is 16.9 Å². The van der Waals surface area contributed by atoms with Crippen molar-refractivity contribution < 1.29 is 5.11 Å². The molecule has 3 rings (SSSR count). The van der Waals surface area contributed by atoms with E-state index in [0.717, 1.165) is 40.4 Å². The summed E-state index contributed by atoms with van der Waals surface area (Å²) >= 11 is 1.67. The van der Waals surface area contributed by atoms with Gasteiger partial charge in [-0.25, -0.2) is 4.98 Å². The molecule has 96 valence electrons. The topological polar surface area (TPSA) is 62.4 Å². The van der Waals surface area contributed by atoms with Gasteiger partial charge in [-0.05, 0) is 37.0 Å². The summed E-state index contributed by atoms with van der Waals surface area (Å²) in [6.45, 7) is 0.965. The molecule has 0 amide bonds. The lowest BCUT2D eigenvalue weighted by atomic mass is 9.82. The average molecular weight is 263 g/mol. The Bertz CT molecular complexity index is 562. The van der Waals surface area contributed by atoms with Gasteiger partial charge in [0.15, 0.2) is 5.13 Å². The highest BCUT2D eigenvalue weighted by atomic mass is 32.1. The highest BCUT2D eigenvalue weighted by Crippen LogP contribution is 2.33. The number of hydrogen-bond acceptors (Lipinski definition) is 5. The second-order valence-corrected chi connectivity index (χ2v) is 6.10. The van der Waals surface area contributed by atoms with Crippen molar-refractivity contribution in [1.29, 1.82) is 0 Å². The van der Waals surface area contributed by atoms with E-state index in [9.17, 15) is 5.11 Å². The molecule has 1 aromatic carbocycles. The van der Waals surface area contributed by atoms with E-state index in [-0.39, 0.29) is 6.10 Å². The molecule has 1 fully saturated rings. The monoisotopic (exact) mass is 263 g/mol. The maximum atomic E-state index is 9.30. The SMILES string of the molecule is CN(CC1CC(O)C1)c1nc2ccc(N)cc2s1. The summed E-state index contributed by atoms with van der Waals surface area (Å²) in [5, 5.41) is 10.3. The molecular weight excluding hydrogens is 246 g/mol. The van der Waals surface area contributed by atoms with Crippen molar-refractivity contribution in [3.63, 3.8) is 0 Å². The van der Waals surface area contributed by atoms with Gasteiger partial charge in [-0.15, -0.1) is 0 Å². The van der Waals surface area contributed by atoms with Crippen LogP contribution in [0.2, 0.25) is 0 Å². The van der Waals surface area contributed by atoms with Crippen LogP contribution in [0.15, 0.2) is 18.2 Å². The van der Waals surface area contributed by atoms with Crippen LogP contribution >= 0.6 is 11.3 Å². The van der Waals surface area contributed by atoms with Gasteiger partial charge in [0.1, 0.15) is 0 Å². The van der Waals surface area contributed by atoms with E-state index in [4.69, 9.17) is 5.73 Å². The van der Waals surface area contributed by atoms with Crippen molar-refractivity contribution in [3.8, 4) is 0 Å². The smallest absolute Gasteiger partial charge is 0.186 e. The summed E-state index contributed by atoms with van der Waals surface area (Å²) in [6, 6.07) is 5.82. The molecule has 1 aliphatic rings. The van der Waals surface area contributed by atoms with Crippen molar-refractivity contribution in [2.45, 2.75) is 18.9 Å². The summed E-state index contributed by atoms with van der Waals surface area (Å²) < 4.78 is 1.13. The Morgan fingerprint density at radius 3 is 3.00 bits per heavy atom. The Kier molecular flexibility index (Phi) is 2.87. The van der Waals surface area contributed by atoms with Crippen LogP contribution in [-0.4, -0.2) is 29.8 Å². The lowest BCUT2D eigenvalue weighted by Gasteiger charge is -2.34. The van der Waals surface area contributed by atoms with Gasteiger partial charge in [-0.2, -0.15) is 0 Å². The number of thiazole rings is 1. The molecule has 0 saturated heterocycles. The van der Waals surface area contributed by atoms with Gasteiger partial charge < -0.3 is 15.7 Å². The first-order valence-electron chi connectivity index (χ1n) is 6.17. The van der Waals surface area contributed by atoms with Crippen molar-refractivity contribution >= 4 is 32.4 Å². The number of hydrogen-bond donors (Lipinski definition) is 2. The lowest BCUT2D eigenvalue weighted by Crippen LogP contribution is -2.37. The molecule has 1 aliphatic carbocycles. The summed E-state index contributed by atoms with van der Waals surface area (Å²) in [4.78, 5) is 6.79. The molecule has 4 nitrogen and oxygen atoms in total. The van der Waals surface area contributed by atoms with Gasteiger partial charge >= 0.3 is 0 Å². The third kappa shape index (κ3) is 2.15. The van der Waals surface area contributed by atoms with Gasteiger partial charge in [0.2, 0.25) is 0 Å². The molecule has 0 aliphatic heterocycles. The maximum absolute atomic E-state index is 9.30. The van der Waals surface area contributed by atoms with E-state index in [0.29, 0.717) is 5.92 Å². The van der Waals surface area contributed by atoms with Crippen LogP contribution < -0.4 is 10.6 Å². The van der Waals surface area contributed by atoms with Gasteiger partial charge in [-0.3, -0.25) is 0 Å². The number of rotatable bonds is 3. The Labute approximate surface area is 110 Å². The Morgan fingerprint density at radius 2 is 2.28 bits per heavy atom. The molecule has 0 spiro atoms. The van der Waals surface area contributed by atoms with Crippen molar-refractivity contribution in [2.24, 2.45) is 5.92 Å². The van der Waals surface area contributed by atoms with Crippen molar-refractivity contribution in [1.82, 2.24) is 4.98 Å². The van der Waals surface area contributed by atoms with E-state index >= 15 is 0 Å². The average Bonchev–Trinajstić information content (AvgIpc) is 2.69. The predicted molar refractivity (Wildman–Crippen MR) is 76.0 cm³/mol. The molecular formula is C13H17N3OS. The highest BCUT2D eigenvalue weighted by Gasteiger charge is 2.28. The predicted octanol–water partition coefficient (Wildman–Crippen LogP) is 2.09. The molecule has 3 N–H and O–H groups in total. The summed E-state index contributed by atoms with van der Waals surface area (Å²) in [6.07, 6.45) is 1.75. The van der Waals surface area contributed by atoms with Crippen LogP contribution in [0.3, 0.4) is 0 Å². The fraction of sp³-hybridized carbons (Fsp3) is 0.462. The van der Waals surface area contributed by atoms with Crippen LogP contribution in [0.4, 0.5) is 10.8 Å². The molecule has 0 atom stereocenters. The highest BCUT2D eigenvalue weighted by molar-refractivity contribution is 7.22. The fourth-order valence-corrected chi connectivity index (χ4v) is 3.39. The number of nitrogens with two attached hydrogens (primary N) is 1. The quantitative estimate of drug-likeness (QED) is 0.832. The lowest BCUT2D eigenvalue weighted by molar-refractivity contribution is 0.0465. The Hall–Kier alpha value is -1.33. The van der Waals surface area contributed by atoms with E-state index < -0.39 is 0 Å². The minimum Gasteiger partial charge on any atom is -0.399 e. The minimum absolute atomic E-state index is 0.0847. The fourth-order valence-electron chi connectivity index (χ4n) is 2.41. The van der Waals surface area contributed by atoms with E-state index in [1.54, 1.807) is 11.3 Å². The van der Waals surface area contributed by atoms with Crippen LogP contribution in [0, 0.1) is 5.92 Å². The van der Waals surface area contributed by atoms with Gasteiger partial charge in [0.05, 0.1) is 16.3 Å². The first kappa shape index (κ1) is 11.7. The summed E-state index contributed by atoms with van der Waals surface area (Å²) in [7, 11) is 2.06. The van der Waals surface area contributed by atoms with Crippen LogP contribution in [-0.2, 0) is 0 Å². The summed E-state index contributed by atoms with van der Waals surface area (Å²) in [5.74, 6) is 0.599. The van der Waals surface area contributed by atoms with Gasteiger partial charge in [0.25, 0.3) is 0 Å². The third-order valence-electron chi connectivity index (χ3n) is 3.47. The number of aliphatic hydroxyl groups is 1. The molecule has 2 aromatic rings. The zero-order chi connectivity index (χ0) is 12.7. The van der Waals surface area contributed by atoms with Crippen molar-refractivity contribution in [3.05, 3.63) is 18.2 Å². The number of anilines is 2. The summed E-state index contributed by atoms with van der Waals surface area (Å²) in [5.41, 5.74) is 7.56. The number of aromatic nitrogens is 1. The standard InChI is InChI=1S/C13H17N3OS/c1-16(7-8-4-10(17)5-8)13-15-11-3-2-9(14)6-12(11)18-13/h2-3,6,8,10,17H,4-5,7,14H2,1H3. The molecule has 0 radical (unpaired) electrons.